The fourth-order valence-corrected chi connectivity index (χ4v) is 3.06. The van der Waals surface area contributed by atoms with Gasteiger partial charge in [-0.3, -0.25) is 0 Å². The van der Waals surface area contributed by atoms with Gasteiger partial charge in [0, 0.05) is 4.88 Å². The molecular weight excluding hydrogens is 252 g/mol. The molecule has 2 aromatic rings. The normalized spacial score (nSPS) is 11.0. The molecule has 3 N–H and O–H groups in total. The Hall–Kier alpha value is -0.850. The van der Waals surface area contributed by atoms with E-state index < -0.39 is 0 Å². The Balaban J connectivity index is 2.44. The molecule has 0 aromatic carbocycles. The molecule has 0 fully saturated rings. The van der Waals surface area contributed by atoms with Crippen LogP contribution in [-0.4, -0.2) is 15.7 Å². The zero-order valence-electron chi connectivity index (χ0n) is 9.99. The predicted molar refractivity (Wildman–Crippen MR) is 76.4 cm³/mol. The summed E-state index contributed by atoms with van der Waals surface area (Å²) < 4.78 is 0. The molecule has 0 spiro atoms. The van der Waals surface area contributed by atoms with Gasteiger partial charge < -0.3 is 5.43 Å². The van der Waals surface area contributed by atoms with Crippen LogP contribution in [-0.2, 0) is 12.2 Å². The highest BCUT2D eigenvalue weighted by molar-refractivity contribution is 7.98. The predicted octanol–water partition coefficient (Wildman–Crippen LogP) is 2.79. The molecule has 2 aromatic heterocycles. The molecule has 0 aliphatic heterocycles. The van der Waals surface area contributed by atoms with E-state index in [0.717, 1.165) is 39.8 Å². The van der Waals surface area contributed by atoms with Gasteiger partial charge in [0.15, 0.2) is 5.82 Å². The lowest BCUT2D eigenvalue weighted by Crippen LogP contribution is -2.10. The van der Waals surface area contributed by atoms with E-state index in [1.165, 1.54) is 4.88 Å². The first-order valence-corrected chi connectivity index (χ1v) is 7.59. The highest BCUT2D eigenvalue weighted by Crippen LogP contribution is 2.29. The number of nitrogens with two attached hydrogens (primary N) is 1. The number of nitrogens with one attached hydrogen (secondary N) is 1. The van der Waals surface area contributed by atoms with Crippen LogP contribution in [0.1, 0.15) is 24.5 Å². The summed E-state index contributed by atoms with van der Waals surface area (Å²) in [4.78, 5) is 11.4. The number of nitrogen functional groups attached to an aromatic ring is 1. The average molecular weight is 268 g/mol. The van der Waals surface area contributed by atoms with Crippen molar-refractivity contribution in [3.8, 4) is 0 Å². The minimum atomic E-state index is 0.734. The molecule has 0 bridgehead atoms. The van der Waals surface area contributed by atoms with Gasteiger partial charge >= 0.3 is 0 Å². The van der Waals surface area contributed by atoms with Crippen molar-refractivity contribution in [2.24, 2.45) is 5.84 Å². The number of hydrogen-bond donors (Lipinski definition) is 2. The lowest BCUT2D eigenvalue weighted by molar-refractivity contribution is 1.06. The smallest absolute Gasteiger partial charge is 0.152 e. The molecule has 2 heterocycles. The summed E-state index contributed by atoms with van der Waals surface area (Å²) in [5, 5.41) is 1.03. The molecule has 0 aliphatic rings. The number of thioether (sulfide) groups is 1. The van der Waals surface area contributed by atoms with E-state index in [2.05, 4.69) is 35.3 Å². The molecule has 0 aliphatic carbocycles. The first-order valence-electron chi connectivity index (χ1n) is 5.62. The van der Waals surface area contributed by atoms with Gasteiger partial charge in [-0.05, 0) is 18.2 Å². The fourth-order valence-electron chi connectivity index (χ4n) is 1.56. The molecule has 4 nitrogen and oxygen atoms in total. The van der Waals surface area contributed by atoms with Crippen LogP contribution in [0.3, 0.4) is 0 Å². The molecule has 0 saturated heterocycles. The largest absolute Gasteiger partial charge is 0.308 e. The lowest BCUT2D eigenvalue weighted by atomic mass is 10.3. The average Bonchev–Trinajstić information content (AvgIpc) is 2.78. The molecular formula is C11H16N4S2. The van der Waals surface area contributed by atoms with Gasteiger partial charge in [0.05, 0.1) is 11.1 Å². The second kappa shape index (κ2) is 5.66. The SMILES string of the molecule is CCSCc1nc(NN)c2cc(CC)sc2n1. The Morgan fingerprint density at radius 1 is 1.41 bits per heavy atom. The van der Waals surface area contributed by atoms with E-state index >= 15 is 0 Å². The highest BCUT2D eigenvalue weighted by atomic mass is 32.2. The van der Waals surface area contributed by atoms with Crippen LogP contribution < -0.4 is 11.3 Å². The first kappa shape index (κ1) is 12.6. The molecule has 0 unspecified atom stereocenters. The summed E-state index contributed by atoms with van der Waals surface area (Å²) in [6.45, 7) is 4.27. The molecule has 6 heteroatoms. The minimum absolute atomic E-state index is 0.734. The molecule has 0 saturated carbocycles. The van der Waals surface area contributed by atoms with Crippen LogP contribution in [0.2, 0.25) is 0 Å². The maximum atomic E-state index is 5.52. The van der Waals surface area contributed by atoms with E-state index in [0.29, 0.717) is 0 Å². The number of thiophene rings is 1. The third-order valence-corrected chi connectivity index (χ3v) is 4.45. The highest BCUT2D eigenvalue weighted by Gasteiger charge is 2.10. The summed E-state index contributed by atoms with van der Waals surface area (Å²) in [5.74, 6) is 9.01. The Bertz CT molecular complexity index is 509. The zero-order chi connectivity index (χ0) is 12.3. The van der Waals surface area contributed by atoms with Crippen LogP contribution in [0.5, 0.6) is 0 Å². The first-order chi connectivity index (χ1) is 8.28. The molecule has 0 atom stereocenters. The topological polar surface area (TPSA) is 63.8 Å². The fraction of sp³-hybridized carbons (Fsp3) is 0.455. The number of anilines is 1. The number of hydrazine groups is 1. The molecule has 17 heavy (non-hydrogen) atoms. The van der Waals surface area contributed by atoms with Crippen molar-refractivity contribution in [2.75, 3.05) is 11.2 Å². The van der Waals surface area contributed by atoms with Crippen molar-refractivity contribution in [1.29, 1.82) is 0 Å². The van der Waals surface area contributed by atoms with Crippen molar-refractivity contribution in [3.05, 3.63) is 16.8 Å². The van der Waals surface area contributed by atoms with Crippen molar-refractivity contribution >= 4 is 39.1 Å². The summed E-state index contributed by atoms with van der Waals surface area (Å²) in [6, 6.07) is 2.12. The van der Waals surface area contributed by atoms with E-state index in [1.807, 2.05) is 11.8 Å². The van der Waals surface area contributed by atoms with Crippen molar-refractivity contribution in [2.45, 2.75) is 26.0 Å². The van der Waals surface area contributed by atoms with E-state index in [9.17, 15) is 0 Å². The minimum Gasteiger partial charge on any atom is -0.308 e. The standard InChI is InChI=1S/C11H16N4S2/c1-3-7-5-8-10(15-12)13-9(6-16-4-2)14-11(8)17-7/h5H,3-4,6,12H2,1-2H3,(H,13,14,15). The van der Waals surface area contributed by atoms with Crippen molar-refractivity contribution < 1.29 is 0 Å². The van der Waals surface area contributed by atoms with Crippen LogP contribution in [0.4, 0.5) is 5.82 Å². The Morgan fingerprint density at radius 2 is 2.24 bits per heavy atom. The van der Waals surface area contributed by atoms with Crippen molar-refractivity contribution in [3.63, 3.8) is 0 Å². The molecule has 0 radical (unpaired) electrons. The quantitative estimate of drug-likeness (QED) is 0.645. The van der Waals surface area contributed by atoms with Gasteiger partial charge in [-0.2, -0.15) is 11.8 Å². The van der Waals surface area contributed by atoms with Crippen LogP contribution in [0.25, 0.3) is 10.2 Å². The summed E-state index contributed by atoms with van der Waals surface area (Å²) in [5.41, 5.74) is 2.67. The van der Waals surface area contributed by atoms with Gasteiger partial charge in [-0.25, -0.2) is 15.8 Å². The number of aromatic nitrogens is 2. The summed E-state index contributed by atoms with van der Waals surface area (Å²) in [7, 11) is 0. The van der Waals surface area contributed by atoms with Gasteiger partial charge in [0.1, 0.15) is 10.7 Å². The maximum Gasteiger partial charge on any atom is 0.152 e. The zero-order valence-corrected chi connectivity index (χ0v) is 11.6. The number of aryl methyl sites for hydroxylation is 1. The van der Waals surface area contributed by atoms with Crippen molar-refractivity contribution in [1.82, 2.24) is 9.97 Å². The van der Waals surface area contributed by atoms with E-state index in [-0.39, 0.29) is 0 Å². The van der Waals surface area contributed by atoms with Gasteiger partial charge in [0.25, 0.3) is 0 Å². The number of hydrogen-bond acceptors (Lipinski definition) is 6. The molecule has 0 amide bonds. The van der Waals surface area contributed by atoms with Crippen LogP contribution in [0.15, 0.2) is 6.07 Å². The third-order valence-electron chi connectivity index (χ3n) is 2.41. The number of fused-ring (bicyclic) bond motifs is 1. The van der Waals surface area contributed by atoms with Gasteiger partial charge in [0.2, 0.25) is 0 Å². The van der Waals surface area contributed by atoms with Gasteiger partial charge in [-0.1, -0.05) is 13.8 Å². The summed E-state index contributed by atoms with van der Waals surface area (Å²) >= 11 is 3.53. The summed E-state index contributed by atoms with van der Waals surface area (Å²) in [6.07, 6.45) is 1.02. The third kappa shape index (κ3) is 2.70. The Labute approximate surface area is 109 Å². The van der Waals surface area contributed by atoms with Crippen LogP contribution >= 0.6 is 23.1 Å². The second-order valence-corrected chi connectivity index (χ2v) is 5.94. The monoisotopic (exact) mass is 268 g/mol. The van der Waals surface area contributed by atoms with E-state index in [1.54, 1.807) is 11.3 Å². The van der Waals surface area contributed by atoms with Gasteiger partial charge in [-0.15, -0.1) is 11.3 Å². The number of nitrogens with zero attached hydrogens (tertiary/aromatic N) is 2. The van der Waals surface area contributed by atoms with Crippen LogP contribution in [0, 0.1) is 0 Å². The second-order valence-electron chi connectivity index (χ2n) is 3.56. The molecule has 2 rings (SSSR count). The Kier molecular flexibility index (Phi) is 4.20. The number of rotatable bonds is 5. The van der Waals surface area contributed by atoms with E-state index in [4.69, 9.17) is 5.84 Å². The lowest BCUT2D eigenvalue weighted by Gasteiger charge is -2.04. The Morgan fingerprint density at radius 3 is 2.88 bits per heavy atom. The molecule has 92 valence electrons. The maximum absolute atomic E-state index is 5.52.